The van der Waals surface area contributed by atoms with E-state index in [0.29, 0.717) is 12.0 Å². The lowest BCUT2D eigenvalue weighted by Gasteiger charge is -2.38. The minimum atomic E-state index is 0.558. The van der Waals surface area contributed by atoms with Crippen molar-refractivity contribution < 1.29 is 0 Å². The van der Waals surface area contributed by atoms with Crippen molar-refractivity contribution in [1.82, 2.24) is 9.88 Å². The number of piperazine rings is 1. The van der Waals surface area contributed by atoms with Gasteiger partial charge in [-0.05, 0) is 37.9 Å². The highest BCUT2D eigenvalue weighted by atomic mass is 15.3. The number of pyridine rings is 1. The third kappa shape index (κ3) is 3.08. The van der Waals surface area contributed by atoms with E-state index in [1.807, 2.05) is 0 Å². The summed E-state index contributed by atoms with van der Waals surface area (Å²) in [6.45, 7) is 12.3. The molecule has 0 bridgehead atoms. The Morgan fingerprint density at radius 2 is 2.05 bits per heavy atom. The number of anilines is 1. The van der Waals surface area contributed by atoms with Crippen LogP contribution in [0, 0.1) is 0 Å². The van der Waals surface area contributed by atoms with Crippen LogP contribution in [0.1, 0.15) is 44.9 Å². The maximum absolute atomic E-state index is 4.90. The van der Waals surface area contributed by atoms with Gasteiger partial charge in [-0.15, -0.1) is 0 Å². The average Bonchev–Trinajstić information content (AvgIpc) is 2.41. The molecule has 3 heteroatoms. The smallest absolute Gasteiger partial charge is 0.128 e. The predicted octanol–water partition coefficient (Wildman–Crippen LogP) is 2.91. The zero-order valence-electron chi connectivity index (χ0n) is 13.0. The molecule has 0 saturated carbocycles. The number of hydrogen-bond donors (Lipinski definition) is 0. The van der Waals surface area contributed by atoms with Crippen molar-refractivity contribution >= 4 is 5.82 Å². The van der Waals surface area contributed by atoms with Gasteiger partial charge in [0.05, 0.1) is 0 Å². The number of aromatic nitrogens is 1. The molecule has 0 N–H and O–H groups in total. The van der Waals surface area contributed by atoms with Crippen LogP contribution in [0.2, 0.25) is 0 Å². The van der Waals surface area contributed by atoms with Gasteiger partial charge in [-0.2, -0.15) is 0 Å². The lowest BCUT2D eigenvalue weighted by atomic mass is 10.00. The predicted molar refractivity (Wildman–Crippen MR) is 82.0 cm³/mol. The second kappa shape index (κ2) is 5.91. The summed E-state index contributed by atoms with van der Waals surface area (Å²) in [6, 6.07) is 5.08. The van der Waals surface area contributed by atoms with Crippen LogP contribution in [-0.4, -0.2) is 42.6 Å². The van der Waals surface area contributed by atoms with Gasteiger partial charge < -0.3 is 9.80 Å². The third-order valence-electron chi connectivity index (χ3n) is 4.24. The molecule has 1 aromatic rings. The van der Waals surface area contributed by atoms with Crippen LogP contribution < -0.4 is 4.90 Å². The summed E-state index contributed by atoms with van der Waals surface area (Å²) in [5.74, 6) is 1.71. The second-order valence-corrected chi connectivity index (χ2v) is 5.99. The van der Waals surface area contributed by atoms with Crippen molar-refractivity contribution in [2.45, 2.75) is 46.1 Å². The van der Waals surface area contributed by atoms with Crippen molar-refractivity contribution in [2.75, 3.05) is 31.6 Å². The number of nitrogens with zero attached hydrogens (tertiary/aromatic N) is 3. The monoisotopic (exact) mass is 261 g/mol. The first kappa shape index (κ1) is 14.3. The van der Waals surface area contributed by atoms with Crippen LogP contribution in [0.4, 0.5) is 5.82 Å². The average molecular weight is 261 g/mol. The molecule has 0 aliphatic carbocycles. The molecule has 1 saturated heterocycles. The van der Waals surface area contributed by atoms with Gasteiger partial charge in [0.2, 0.25) is 0 Å². The number of aryl methyl sites for hydroxylation is 1. The number of rotatable bonds is 3. The Morgan fingerprint density at radius 1 is 1.32 bits per heavy atom. The lowest BCUT2D eigenvalue weighted by Crippen LogP contribution is -2.50. The van der Waals surface area contributed by atoms with E-state index in [4.69, 9.17) is 4.98 Å². The molecule has 0 spiro atoms. The Labute approximate surface area is 117 Å². The van der Waals surface area contributed by atoms with E-state index in [-0.39, 0.29) is 0 Å². The molecule has 1 fully saturated rings. The lowest BCUT2D eigenvalue weighted by molar-refractivity contribution is 0.233. The summed E-state index contributed by atoms with van der Waals surface area (Å²) < 4.78 is 0. The fraction of sp³-hybridized carbons (Fsp3) is 0.688. The van der Waals surface area contributed by atoms with E-state index >= 15 is 0 Å². The number of likely N-dealkylation sites (N-methyl/N-ethyl adjacent to an activating group) is 1. The Hall–Kier alpha value is -1.09. The van der Waals surface area contributed by atoms with Crippen LogP contribution in [0.25, 0.3) is 0 Å². The van der Waals surface area contributed by atoms with Crippen LogP contribution in [0.3, 0.4) is 0 Å². The Balaban J connectivity index is 2.21. The molecule has 1 aliphatic rings. The summed E-state index contributed by atoms with van der Waals surface area (Å²) in [4.78, 5) is 9.74. The summed E-state index contributed by atoms with van der Waals surface area (Å²) >= 11 is 0. The van der Waals surface area contributed by atoms with Gasteiger partial charge in [0, 0.05) is 31.4 Å². The van der Waals surface area contributed by atoms with E-state index in [2.05, 4.69) is 56.7 Å². The van der Waals surface area contributed by atoms with E-state index in [1.54, 1.807) is 0 Å². The van der Waals surface area contributed by atoms with Gasteiger partial charge in [-0.1, -0.05) is 26.8 Å². The molecule has 106 valence electrons. The molecule has 0 aromatic carbocycles. The van der Waals surface area contributed by atoms with E-state index in [1.165, 1.54) is 11.3 Å². The summed E-state index contributed by atoms with van der Waals surface area (Å²) in [7, 11) is 2.20. The van der Waals surface area contributed by atoms with Crippen molar-refractivity contribution in [2.24, 2.45) is 0 Å². The fourth-order valence-corrected chi connectivity index (χ4v) is 2.74. The molecule has 1 aromatic heterocycles. The molecular formula is C16H27N3. The third-order valence-corrected chi connectivity index (χ3v) is 4.24. The minimum Gasteiger partial charge on any atom is -0.354 e. The van der Waals surface area contributed by atoms with Gasteiger partial charge >= 0.3 is 0 Å². The molecule has 0 amide bonds. The maximum Gasteiger partial charge on any atom is 0.128 e. The summed E-state index contributed by atoms with van der Waals surface area (Å²) in [5, 5.41) is 0. The van der Waals surface area contributed by atoms with Gasteiger partial charge in [0.15, 0.2) is 0 Å². The zero-order valence-corrected chi connectivity index (χ0v) is 13.0. The maximum atomic E-state index is 4.90. The highest BCUT2D eigenvalue weighted by Gasteiger charge is 2.22. The SMILES string of the molecule is CCc1nc(N2CCN(C)[C@@H](C)C2)ccc1C(C)C. The largest absolute Gasteiger partial charge is 0.354 e. The molecular weight excluding hydrogens is 234 g/mol. The molecule has 1 aliphatic heterocycles. The molecule has 0 unspecified atom stereocenters. The zero-order chi connectivity index (χ0) is 14.0. The Morgan fingerprint density at radius 3 is 2.63 bits per heavy atom. The van der Waals surface area contributed by atoms with Crippen LogP contribution in [0.5, 0.6) is 0 Å². The molecule has 2 heterocycles. The topological polar surface area (TPSA) is 19.4 Å². The highest BCUT2D eigenvalue weighted by Crippen LogP contribution is 2.23. The fourth-order valence-electron chi connectivity index (χ4n) is 2.74. The van der Waals surface area contributed by atoms with Gasteiger partial charge in [0.1, 0.15) is 5.82 Å². The summed E-state index contributed by atoms with van der Waals surface area (Å²) in [5.41, 5.74) is 2.66. The molecule has 0 radical (unpaired) electrons. The number of hydrogen-bond acceptors (Lipinski definition) is 3. The van der Waals surface area contributed by atoms with Crippen molar-refractivity contribution in [3.8, 4) is 0 Å². The molecule has 2 rings (SSSR count). The van der Waals surface area contributed by atoms with Crippen LogP contribution in [0.15, 0.2) is 12.1 Å². The highest BCUT2D eigenvalue weighted by molar-refractivity contribution is 5.43. The van der Waals surface area contributed by atoms with E-state index in [0.717, 1.165) is 31.9 Å². The van der Waals surface area contributed by atoms with Gasteiger partial charge in [-0.3, -0.25) is 0 Å². The normalized spacial score (nSPS) is 21.2. The van der Waals surface area contributed by atoms with E-state index in [9.17, 15) is 0 Å². The van der Waals surface area contributed by atoms with E-state index < -0.39 is 0 Å². The van der Waals surface area contributed by atoms with Crippen molar-refractivity contribution in [3.05, 3.63) is 23.4 Å². The van der Waals surface area contributed by atoms with Crippen LogP contribution >= 0.6 is 0 Å². The summed E-state index contributed by atoms with van der Waals surface area (Å²) in [6.07, 6.45) is 1.02. The standard InChI is InChI=1S/C16H27N3/c1-6-15-14(12(2)3)7-8-16(17-15)19-10-9-18(5)13(4)11-19/h7-8,12-13H,6,9-11H2,1-5H3/t13-/m0/s1. The first-order valence-electron chi connectivity index (χ1n) is 7.48. The molecule has 1 atom stereocenters. The van der Waals surface area contributed by atoms with Crippen LogP contribution in [-0.2, 0) is 6.42 Å². The Kier molecular flexibility index (Phi) is 4.46. The van der Waals surface area contributed by atoms with Crippen molar-refractivity contribution in [3.63, 3.8) is 0 Å². The first-order valence-corrected chi connectivity index (χ1v) is 7.48. The molecule has 19 heavy (non-hydrogen) atoms. The van der Waals surface area contributed by atoms with Gasteiger partial charge in [-0.25, -0.2) is 4.98 Å². The minimum absolute atomic E-state index is 0.558. The molecule has 3 nitrogen and oxygen atoms in total. The second-order valence-electron chi connectivity index (χ2n) is 5.99. The quantitative estimate of drug-likeness (QED) is 0.834. The van der Waals surface area contributed by atoms with Crippen molar-refractivity contribution in [1.29, 1.82) is 0 Å². The Bertz CT molecular complexity index is 428. The first-order chi connectivity index (χ1) is 9.02. The van der Waals surface area contributed by atoms with Gasteiger partial charge in [0.25, 0.3) is 0 Å².